The summed E-state index contributed by atoms with van der Waals surface area (Å²) >= 11 is 1.20. The minimum Gasteiger partial charge on any atom is -0.309 e. The van der Waals surface area contributed by atoms with Crippen LogP contribution < -0.4 is 16.1 Å². The molecule has 32 heavy (non-hydrogen) atoms. The van der Waals surface area contributed by atoms with Gasteiger partial charge in [0.25, 0.3) is 5.56 Å². The summed E-state index contributed by atoms with van der Waals surface area (Å²) in [7, 11) is 3.01. The summed E-state index contributed by atoms with van der Waals surface area (Å²) in [6.07, 6.45) is 0. The summed E-state index contributed by atoms with van der Waals surface area (Å²) in [6.45, 7) is 9.80. The number of aryl methyl sites for hydroxylation is 1. The zero-order valence-corrected chi connectivity index (χ0v) is 20.4. The predicted octanol–water partition coefficient (Wildman–Crippen LogP) is 2.86. The highest BCUT2D eigenvalue weighted by atomic mass is 32.2. The summed E-state index contributed by atoms with van der Waals surface area (Å²) in [5.74, 6) is 0.503. The summed E-state index contributed by atoms with van der Waals surface area (Å²) in [4.78, 5) is 49.5. The van der Waals surface area contributed by atoms with E-state index in [0.29, 0.717) is 10.9 Å². The first kappa shape index (κ1) is 23.7. The Morgan fingerprint density at radius 1 is 1.06 bits per heavy atom. The van der Waals surface area contributed by atoms with Gasteiger partial charge >= 0.3 is 5.69 Å². The van der Waals surface area contributed by atoms with Crippen molar-refractivity contribution in [3.8, 4) is 0 Å². The molecule has 0 aliphatic carbocycles. The highest BCUT2D eigenvalue weighted by Crippen LogP contribution is 2.28. The number of anilines is 1. The number of nitrogens with zero attached hydrogens (tertiary/aromatic N) is 5. The van der Waals surface area contributed by atoms with E-state index in [-0.39, 0.29) is 28.7 Å². The Kier molecular flexibility index (Phi) is 6.59. The highest BCUT2D eigenvalue weighted by molar-refractivity contribution is 8.00. The molecule has 170 valence electrons. The van der Waals surface area contributed by atoms with Gasteiger partial charge in [-0.25, -0.2) is 14.8 Å². The van der Waals surface area contributed by atoms with Crippen LogP contribution in [0.2, 0.25) is 0 Å². The smallest absolute Gasteiger partial charge is 0.309 e. The van der Waals surface area contributed by atoms with E-state index in [1.807, 2.05) is 65.0 Å². The molecule has 0 aliphatic rings. The van der Waals surface area contributed by atoms with Crippen LogP contribution in [0.1, 0.15) is 40.4 Å². The number of rotatable bonds is 5. The molecule has 0 aliphatic heterocycles. The van der Waals surface area contributed by atoms with Crippen molar-refractivity contribution in [3.63, 3.8) is 0 Å². The van der Waals surface area contributed by atoms with Crippen LogP contribution in [0.25, 0.3) is 11.0 Å². The van der Waals surface area contributed by atoms with Crippen molar-refractivity contribution in [2.24, 2.45) is 14.1 Å². The maximum atomic E-state index is 13.2. The van der Waals surface area contributed by atoms with Crippen LogP contribution in [-0.2, 0) is 24.3 Å². The van der Waals surface area contributed by atoms with E-state index in [0.717, 1.165) is 10.3 Å². The Morgan fingerprint density at radius 2 is 1.69 bits per heavy atom. The highest BCUT2D eigenvalue weighted by Gasteiger charge is 2.25. The lowest BCUT2D eigenvalue weighted by molar-refractivity contribution is -0.116. The Balaban J connectivity index is 2.09. The number of aromatic nitrogens is 4. The standard InChI is InChI=1S/C23H29N5O3S/c1-14(2)28(15-11-9-8-10-12-15)16(29)13-32-19-17-18(24-21(25-19)23(3,4)5)26(6)22(31)27(7)20(17)30/h8-12,14H,13H2,1-7H3. The van der Waals surface area contributed by atoms with Gasteiger partial charge in [-0.15, -0.1) is 0 Å². The first-order valence-electron chi connectivity index (χ1n) is 10.4. The van der Waals surface area contributed by atoms with Crippen LogP contribution in [0.15, 0.2) is 44.9 Å². The minimum atomic E-state index is -0.470. The normalized spacial score (nSPS) is 11.9. The van der Waals surface area contributed by atoms with Crippen molar-refractivity contribution in [2.45, 2.75) is 51.1 Å². The molecule has 2 heterocycles. The molecule has 0 fully saturated rings. The van der Waals surface area contributed by atoms with E-state index >= 15 is 0 Å². The van der Waals surface area contributed by atoms with Crippen molar-refractivity contribution < 1.29 is 4.79 Å². The maximum absolute atomic E-state index is 13.2. The first-order valence-corrected chi connectivity index (χ1v) is 11.4. The third kappa shape index (κ3) is 4.48. The topological polar surface area (TPSA) is 90.1 Å². The first-order chi connectivity index (χ1) is 14.9. The van der Waals surface area contributed by atoms with Crippen LogP contribution in [-0.4, -0.2) is 36.8 Å². The van der Waals surface area contributed by atoms with Gasteiger partial charge in [0.05, 0.1) is 5.75 Å². The number of hydrogen-bond acceptors (Lipinski definition) is 6. The van der Waals surface area contributed by atoms with Crippen LogP contribution >= 0.6 is 11.8 Å². The fraction of sp³-hybridized carbons (Fsp3) is 0.435. The molecular weight excluding hydrogens is 426 g/mol. The molecule has 0 unspecified atom stereocenters. The fourth-order valence-electron chi connectivity index (χ4n) is 3.39. The molecule has 3 rings (SSSR count). The molecule has 1 aromatic carbocycles. The van der Waals surface area contributed by atoms with E-state index in [1.165, 1.54) is 23.4 Å². The molecule has 0 N–H and O–H groups in total. The van der Waals surface area contributed by atoms with Crippen LogP contribution in [0, 0.1) is 0 Å². The Hall–Kier alpha value is -2.94. The number of carbonyl (C=O) groups excluding carboxylic acids is 1. The van der Waals surface area contributed by atoms with Gasteiger partial charge in [-0.3, -0.25) is 18.7 Å². The largest absolute Gasteiger partial charge is 0.332 e. The van der Waals surface area contributed by atoms with Gasteiger partial charge in [-0.1, -0.05) is 50.7 Å². The average Bonchev–Trinajstić information content (AvgIpc) is 2.74. The van der Waals surface area contributed by atoms with Gasteiger partial charge in [-0.05, 0) is 26.0 Å². The lowest BCUT2D eigenvalue weighted by Crippen LogP contribution is -2.39. The predicted molar refractivity (Wildman–Crippen MR) is 129 cm³/mol. The Morgan fingerprint density at radius 3 is 2.25 bits per heavy atom. The quantitative estimate of drug-likeness (QED) is 0.434. The number of fused-ring (bicyclic) bond motifs is 1. The molecule has 0 radical (unpaired) electrons. The zero-order chi connectivity index (χ0) is 23.8. The number of benzene rings is 1. The average molecular weight is 456 g/mol. The third-order valence-corrected chi connectivity index (χ3v) is 6.05. The summed E-state index contributed by atoms with van der Waals surface area (Å²) < 4.78 is 2.39. The number of amides is 1. The van der Waals surface area contributed by atoms with Crippen molar-refractivity contribution in [1.82, 2.24) is 19.1 Å². The van der Waals surface area contributed by atoms with E-state index < -0.39 is 16.7 Å². The van der Waals surface area contributed by atoms with E-state index in [2.05, 4.69) is 9.97 Å². The number of hydrogen-bond donors (Lipinski definition) is 0. The SMILES string of the molecule is CC(C)N(C(=O)CSc1nc(C(C)(C)C)nc2c1c(=O)n(C)c(=O)n2C)c1ccccc1. The molecule has 8 nitrogen and oxygen atoms in total. The fourth-order valence-corrected chi connectivity index (χ4v) is 4.26. The van der Waals surface area contributed by atoms with E-state index in [4.69, 9.17) is 0 Å². The maximum Gasteiger partial charge on any atom is 0.332 e. The lowest BCUT2D eigenvalue weighted by Gasteiger charge is -2.27. The van der Waals surface area contributed by atoms with Crippen LogP contribution in [0.3, 0.4) is 0 Å². The second-order valence-corrected chi connectivity index (χ2v) is 9.95. The zero-order valence-electron chi connectivity index (χ0n) is 19.5. The summed E-state index contributed by atoms with van der Waals surface area (Å²) in [6, 6.07) is 9.44. The summed E-state index contributed by atoms with van der Waals surface area (Å²) in [5.41, 5.74) is -0.241. The number of para-hydroxylation sites is 1. The molecule has 9 heteroatoms. The van der Waals surface area contributed by atoms with E-state index in [9.17, 15) is 14.4 Å². The van der Waals surface area contributed by atoms with Gasteiger partial charge in [0.15, 0.2) is 5.65 Å². The molecule has 1 amide bonds. The third-order valence-electron chi connectivity index (χ3n) is 5.09. The lowest BCUT2D eigenvalue weighted by atomic mass is 9.96. The second-order valence-electron chi connectivity index (χ2n) is 8.99. The van der Waals surface area contributed by atoms with Gasteiger partial charge in [-0.2, -0.15) is 0 Å². The Bertz CT molecular complexity index is 1270. The second kappa shape index (κ2) is 8.90. The number of carbonyl (C=O) groups is 1. The monoisotopic (exact) mass is 455 g/mol. The van der Waals surface area contributed by atoms with Crippen molar-refractivity contribution in [1.29, 1.82) is 0 Å². The van der Waals surface area contributed by atoms with Crippen molar-refractivity contribution in [3.05, 3.63) is 57.0 Å². The molecule has 0 bridgehead atoms. The molecular formula is C23H29N5O3S. The molecule has 3 aromatic rings. The van der Waals surface area contributed by atoms with Crippen LogP contribution in [0.4, 0.5) is 5.69 Å². The Labute approximate surface area is 191 Å². The minimum absolute atomic E-state index is 0.0357. The molecule has 0 saturated carbocycles. The molecule has 0 saturated heterocycles. The van der Waals surface area contributed by atoms with Gasteiger partial charge < -0.3 is 4.90 Å². The van der Waals surface area contributed by atoms with Gasteiger partial charge in [0, 0.05) is 31.2 Å². The molecule has 2 aromatic heterocycles. The van der Waals surface area contributed by atoms with Crippen LogP contribution in [0.5, 0.6) is 0 Å². The van der Waals surface area contributed by atoms with Gasteiger partial charge in [0.2, 0.25) is 5.91 Å². The van der Waals surface area contributed by atoms with Crippen molar-refractivity contribution in [2.75, 3.05) is 10.7 Å². The number of thioether (sulfide) groups is 1. The molecule has 0 spiro atoms. The van der Waals surface area contributed by atoms with Crippen molar-refractivity contribution >= 4 is 34.4 Å². The van der Waals surface area contributed by atoms with Gasteiger partial charge in [0.1, 0.15) is 16.2 Å². The summed E-state index contributed by atoms with van der Waals surface area (Å²) in [5, 5.41) is 0.650. The van der Waals surface area contributed by atoms with E-state index in [1.54, 1.807) is 11.9 Å². The molecule has 0 atom stereocenters.